The van der Waals surface area contributed by atoms with Crippen LogP contribution in [-0.2, 0) is 13.2 Å². The summed E-state index contributed by atoms with van der Waals surface area (Å²) in [7, 11) is 1.56. The molecule has 0 spiro atoms. The zero-order chi connectivity index (χ0) is 14.2. The number of alkyl halides is 3. The summed E-state index contributed by atoms with van der Waals surface area (Å²) < 4.78 is 38.5. The van der Waals surface area contributed by atoms with Crippen molar-refractivity contribution in [2.24, 2.45) is 7.05 Å². The second-order valence-electron chi connectivity index (χ2n) is 3.87. The van der Waals surface area contributed by atoms with Crippen molar-refractivity contribution in [1.82, 2.24) is 14.8 Å². The number of aliphatic hydroxyl groups excluding tert-OH is 1. The molecule has 0 radical (unpaired) electrons. The maximum Gasteiger partial charge on any atom is 0.417 e. The molecular formula is C11H9ClF3N3O. The second kappa shape index (κ2) is 4.82. The van der Waals surface area contributed by atoms with E-state index in [-0.39, 0.29) is 16.4 Å². The summed E-state index contributed by atoms with van der Waals surface area (Å²) in [6.45, 7) is 0. The molecule has 1 atom stereocenters. The molecule has 0 saturated heterocycles. The van der Waals surface area contributed by atoms with Crippen LogP contribution in [0.3, 0.4) is 0 Å². The molecule has 8 heteroatoms. The quantitative estimate of drug-likeness (QED) is 0.925. The van der Waals surface area contributed by atoms with Crippen molar-refractivity contribution < 1.29 is 18.3 Å². The Hall–Kier alpha value is -1.60. The monoisotopic (exact) mass is 291 g/mol. The van der Waals surface area contributed by atoms with Crippen LogP contribution in [0.1, 0.15) is 23.1 Å². The Morgan fingerprint density at radius 3 is 2.42 bits per heavy atom. The van der Waals surface area contributed by atoms with Gasteiger partial charge in [0.25, 0.3) is 0 Å². The van der Waals surface area contributed by atoms with E-state index in [9.17, 15) is 18.3 Å². The molecule has 1 N–H and O–H groups in total. The largest absolute Gasteiger partial charge is 0.417 e. The molecule has 0 aliphatic carbocycles. The van der Waals surface area contributed by atoms with Gasteiger partial charge in [-0.15, -0.1) is 0 Å². The fraction of sp³-hybridized carbons (Fsp3) is 0.273. The van der Waals surface area contributed by atoms with Crippen molar-refractivity contribution in [1.29, 1.82) is 0 Å². The number of aromatic nitrogens is 3. The zero-order valence-corrected chi connectivity index (χ0v) is 10.4. The highest BCUT2D eigenvalue weighted by molar-refractivity contribution is 6.31. The molecule has 102 valence electrons. The molecule has 19 heavy (non-hydrogen) atoms. The number of nitrogens with zero attached hydrogens (tertiary/aromatic N) is 3. The van der Waals surface area contributed by atoms with Gasteiger partial charge in [-0.25, -0.2) is 0 Å². The molecule has 0 aliphatic heterocycles. The molecule has 4 nitrogen and oxygen atoms in total. The summed E-state index contributed by atoms with van der Waals surface area (Å²) in [6.07, 6.45) is -3.68. The molecule has 0 saturated carbocycles. The lowest BCUT2D eigenvalue weighted by atomic mass is 10.1. The molecular weight excluding hydrogens is 283 g/mol. The van der Waals surface area contributed by atoms with Crippen molar-refractivity contribution in [2.75, 3.05) is 0 Å². The van der Waals surface area contributed by atoms with Gasteiger partial charge in [0.05, 0.1) is 28.2 Å². The number of aliphatic hydroxyl groups is 1. The summed E-state index contributed by atoms with van der Waals surface area (Å²) in [5.41, 5.74) is -0.535. The van der Waals surface area contributed by atoms with E-state index in [0.29, 0.717) is 6.20 Å². The molecule has 0 fully saturated rings. The van der Waals surface area contributed by atoms with Gasteiger partial charge in [-0.1, -0.05) is 11.6 Å². The minimum atomic E-state index is -4.46. The third-order valence-electron chi connectivity index (χ3n) is 2.59. The van der Waals surface area contributed by atoms with Gasteiger partial charge in [0.1, 0.15) is 6.10 Å². The van der Waals surface area contributed by atoms with E-state index in [1.165, 1.54) is 10.9 Å². The first kappa shape index (κ1) is 13.8. The smallest absolute Gasteiger partial charge is 0.380 e. The molecule has 0 aliphatic rings. The Labute approximate surface area is 111 Å². The number of pyridine rings is 1. The van der Waals surface area contributed by atoms with Gasteiger partial charge in [0, 0.05) is 13.2 Å². The predicted octanol–water partition coefficient (Wildman–Crippen LogP) is 2.57. The van der Waals surface area contributed by atoms with Crippen molar-refractivity contribution >= 4 is 11.6 Å². The highest BCUT2D eigenvalue weighted by Gasteiger charge is 2.31. The Balaban J connectivity index is 2.33. The predicted molar refractivity (Wildman–Crippen MR) is 61.5 cm³/mol. The van der Waals surface area contributed by atoms with E-state index in [1.54, 1.807) is 7.05 Å². The van der Waals surface area contributed by atoms with Crippen LogP contribution < -0.4 is 0 Å². The van der Waals surface area contributed by atoms with Crippen LogP contribution >= 0.6 is 11.6 Å². The van der Waals surface area contributed by atoms with Crippen molar-refractivity contribution in [3.63, 3.8) is 0 Å². The maximum atomic E-state index is 12.4. The molecule has 2 aromatic rings. The van der Waals surface area contributed by atoms with Crippen molar-refractivity contribution in [2.45, 2.75) is 12.3 Å². The molecule has 0 amide bonds. The van der Waals surface area contributed by atoms with E-state index >= 15 is 0 Å². The Bertz CT molecular complexity index is 560. The van der Waals surface area contributed by atoms with Crippen molar-refractivity contribution in [3.8, 4) is 0 Å². The van der Waals surface area contributed by atoms with Crippen LogP contribution in [0.5, 0.6) is 0 Å². The van der Waals surface area contributed by atoms with Crippen LogP contribution in [0.25, 0.3) is 0 Å². The summed E-state index contributed by atoms with van der Waals surface area (Å²) >= 11 is 5.84. The first-order valence-corrected chi connectivity index (χ1v) is 5.57. The topological polar surface area (TPSA) is 50.9 Å². The second-order valence-corrected chi connectivity index (χ2v) is 4.28. The normalized spacial score (nSPS) is 13.6. The number of hydrogen-bond donors (Lipinski definition) is 1. The zero-order valence-electron chi connectivity index (χ0n) is 9.69. The number of rotatable bonds is 2. The van der Waals surface area contributed by atoms with E-state index in [0.717, 1.165) is 12.1 Å². The van der Waals surface area contributed by atoms with E-state index in [2.05, 4.69) is 10.1 Å². The van der Waals surface area contributed by atoms with E-state index < -0.39 is 17.8 Å². The summed E-state index contributed by atoms with van der Waals surface area (Å²) in [5, 5.41) is 14.1. The average Bonchev–Trinajstić information content (AvgIpc) is 2.67. The van der Waals surface area contributed by atoms with Crippen molar-refractivity contribution in [3.05, 3.63) is 46.5 Å². The fourth-order valence-corrected chi connectivity index (χ4v) is 1.87. The third-order valence-corrected chi connectivity index (χ3v) is 2.88. The van der Waals surface area contributed by atoms with Gasteiger partial charge >= 0.3 is 6.18 Å². The number of aryl methyl sites for hydroxylation is 1. The van der Waals surface area contributed by atoms with Crippen LogP contribution in [0, 0.1) is 0 Å². The molecule has 2 heterocycles. The van der Waals surface area contributed by atoms with Crippen LogP contribution in [0.4, 0.5) is 13.2 Å². The fourth-order valence-electron chi connectivity index (χ4n) is 1.60. The first-order valence-electron chi connectivity index (χ1n) is 5.19. The maximum absolute atomic E-state index is 12.4. The Morgan fingerprint density at radius 1 is 1.32 bits per heavy atom. The minimum absolute atomic E-state index is 0.0681. The third kappa shape index (κ3) is 2.71. The molecule has 0 bridgehead atoms. The summed E-state index contributed by atoms with van der Waals surface area (Å²) in [6, 6.07) is 1.96. The lowest BCUT2D eigenvalue weighted by molar-refractivity contribution is -0.137. The van der Waals surface area contributed by atoms with E-state index in [4.69, 9.17) is 11.6 Å². The molecule has 2 aromatic heterocycles. The van der Waals surface area contributed by atoms with Crippen LogP contribution in [-0.4, -0.2) is 19.9 Å². The van der Waals surface area contributed by atoms with Gasteiger partial charge in [-0.05, 0) is 12.1 Å². The van der Waals surface area contributed by atoms with Gasteiger partial charge < -0.3 is 5.11 Å². The molecule has 1 unspecified atom stereocenters. The lowest BCUT2D eigenvalue weighted by Crippen LogP contribution is -2.11. The SMILES string of the molecule is Cn1ncc(Cl)c1C(O)c1ccc(C(F)(F)F)cn1. The van der Waals surface area contributed by atoms with Crippen LogP contribution in [0.2, 0.25) is 5.02 Å². The lowest BCUT2D eigenvalue weighted by Gasteiger charge is -2.12. The Kier molecular flexibility index (Phi) is 3.51. The van der Waals surface area contributed by atoms with Gasteiger partial charge in [0.15, 0.2) is 0 Å². The Morgan fingerprint density at radius 2 is 2.00 bits per heavy atom. The number of hydrogen-bond acceptors (Lipinski definition) is 3. The standard InChI is InChI=1S/C11H9ClF3N3O/c1-18-9(7(12)5-17-18)10(19)8-3-2-6(4-16-8)11(13,14)15/h2-5,10,19H,1H3. The first-order chi connectivity index (χ1) is 8.80. The average molecular weight is 292 g/mol. The van der Waals surface area contributed by atoms with E-state index in [1.807, 2.05) is 0 Å². The van der Waals surface area contributed by atoms with Gasteiger partial charge in [-0.2, -0.15) is 18.3 Å². The highest BCUT2D eigenvalue weighted by Crippen LogP contribution is 2.31. The van der Waals surface area contributed by atoms with Crippen LogP contribution in [0.15, 0.2) is 24.5 Å². The molecule has 2 rings (SSSR count). The highest BCUT2D eigenvalue weighted by atomic mass is 35.5. The minimum Gasteiger partial charge on any atom is -0.380 e. The molecule has 0 aromatic carbocycles. The summed E-state index contributed by atoms with van der Waals surface area (Å²) in [4.78, 5) is 3.61. The van der Waals surface area contributed by atoms with Gasteiger partial charge in [-0.3, -0.25) is 9.67 Å². The summed E-state index contributed by atoms with van der Waals surface area (Å²) in [5.74, 6) is 0. The van der Waals surface area contributed by atoms with Gasteiger partial charge in [0.2, 0.25) is 0 Å². The number of halogens is 4.